The van der Waals surface area contributed by atoms with Crippen molar-refractivity contribution in [1.29, 1.82) is 0 Å². The first-order valence-electron chi connectivity index (χ1n) is 9.58. The summed E-state index contributed by atoms with van der Waals surface area (Å²) in [5.74, 6) is 1.25. The normalized spacial score (nSPS) is 14.7. The molecule has 144 valence electrons. The Labute approximate surface area is 161 Å². The van der Waals surface area contributed by atoms with Crippen LogP contribution >= 0.6 is 0 Å². The monoisotopic (exact) mass is 368 g/mol. The number of ether oxygens (including phenoxy) is 2. The van der Waals surface area contributed by atoms with E-state index in [1.54, 1.807) is 12.3 Å². The molecule has 0 unspecified atom stereocenters. The number of hydrogen-bond donors (Lipinski definition) is 0. The number of aliphatic imine (C=N–C) groups is 1. The highest BCUT2D eigenvalue weighted by atomic mass is 16.5. The molecule has 0 atom stereocenters. The van der Waals surface area contributed by atoms with Gasteiger partial charge in [-0.3, -0.25) is 0 Å². The second kappa shape index (κ2) is 8.84. The first-order valence-corrected chi connectivity index (χ1v) is 9.58. The van der Waals surface area contributed by atoms with Gasteiger partial charge >= 0.3 is 6.01 Å². The Kier molecular flexibility index (Phi) is 6.27. The SMILES string of the molecule is CCN(C)/C=N/c1cc(C)c(Oc2ccnc(OC3CCCC3)n2)cc1C. The predicted molar refractivity (Wildman–Crippen MR) is 107 cm³/mol. The fourth-order valence-corrected chi connectivity index (χ4v) is 2.97. The van der Waals surface area contributed by atoms with Crippen molar-refractivity contribution in [1.82, 2.24) is 14.9 Å². The van der Waals surface area contributed by atoms with E-state index in [0.29, 0.717) is 11.9 Å². The third kappa shape index (κ3) is 5.18. The van der Waals surface area contributed by atoms with Gasteiger partial charge < -0.3 is 14.4 Å². The van der Waals surface area contributed by atoms with E-state index in [1.165, 1.54) is 12.8 Å². The molecule has 6 heteroatoms. The number of nitrogens with zero attached hydrogens (tertiary/aromatic N) is 4. The maximum absolute atomic E-state index is 6.00. The molecule has 1 fully saturated rings. The van der Waals surface area contributed by atoms with Gasteiger partial charge in [0.2, 0.25) is 5.88 Å². The van der Waals surface area contributed by atoms with Crippen molar-refractivity contribution in [3.8, 4) is 17.6 Å². The molecule has 0 aliphatic heterocycles. The summed E-state index contributed by atoms with van der Waals surface area (Å²) in [5.41, 5.74) is 2.99. The number of aromatic nitrogens is 2. The molecule has 1 aromatic heterocycles. The largest absolute Gasteiger partial charge is 0.460 e. The number of hydrogen-bond acceptors (Lipinski definition) is 5. The van der Waals surface area contributed by atoms with Gasteiger partial charge in [0.25, 0.3) is 0 Å². The Balaban J connectivity index is 1.73. The Morgan fingerprint density at radius 2 is 2.00 bits per heavy atom. The maximum Gasteiger partial charge on any atom is 0.319 e. The lowest BCUT2D eigenvalue weighted by molar-refractivity contribution is 0.190. The van der Waals surface area contributed by atoms with Crippen LogP contribution in [0.5, 0.6) is 17.6 Å². The van der Waals surface area contributed by atoms with E-state index in [4.69, 9.17) is 9.47 Å². The minimum absolute atomic E-state index is 0.225. The predicted octanol–water partition coefficient (Wildman–Crippen LogP) is 4.82. The average Bonchev–Trinajstić information content (AvgIpc) is 3.16. The van der Waals surface area contributed by atoms with E-state index in [1.807, 2.05) is 44.3 Å². The fraction of sp³-hybridized carbons (Fsp3) is 0.476. The Hall–Kier alpha value is -2.63. The molecular weight excluding hydrogens is 340 g/mol. The molecule has 27 heavy (non-hydrogen) atoms. The summed E-state index contributed by atoms with van der Waals surface area (Å²) in [6.07, 6.45) is 8.31. The summed E-state index contributed by atoms with van der Waals surface area (Å²) in [6, 6.07) is 6.16. The second-order valence-electron chi connectivity index (χ2n) is 7.03. The van der Waals surface area contributed by atoms with Crippen LogP contribution in [0, 0.1) is 13.8 Å². The molecule has 1 aromatic carbocycles. The van der Waals surface area contributed by atoms with E-state index in [0.717, 1.165) is 42.0 Å². The minimum atomic E-state index is 0.225. The molecule has 6 nitrogen and oxygen atoms in total. The van der Waals surface area contributed by atoms with Crippen molar-refractivity contribution in [3.63, 3.8) is 0 Å². The topological polar surface area (TPSA) is 59.8 Å². The molecule has 0 bridgehead atoms. The molecule has 0 amide bonds. The van der Waals surface area contributed by atoms with E-state index < -0.39 is 0 Å². The van der Waals surface area contributed by atoms with Crippen molar-refractivity contribution in [2.75, 3.05) is 13.6 Å². The van der Waals surface area contributed by atoms with Crippen LogP contribution in [0.1, 0.15) is 43.7 Å². The van der Waals surface area contributed by atoms with Crippen molar-refractivity contribution in [2.45, 2.75) is 52.6 Å². The number of aryl methyl sites for hydroxylation is 2. The lowest BCUT2D eigenvalue weighted by atomic mass is 10.1. The molecule has 1 aliphatic rings. The van der Waals surface area contributed by atoms with Gasteiger partial charge in [-0.1, -0.05) is 0 Å². The van der Waals surface area contributed by atoms with Crippen LogP contribution in [0.15, 0.2) is 29.4 Å². The number of rotatable bonds is 7. The highest BCUT2D eigenvalue weighted by molar-refractivity contribution is 5.64. The van der Waals surface area contributed by atoms with Gasteiger partial charge in [0.15, 0.2) is 0 Å². The molecule has 1 heterocycles. The van der Waals surface area contributed by atoms with E-state index in [9.17, 15) is 0 Å². The molecule has 2 aromatic rings. The lowest BCUT2D eigenvalue weighted by Gasteiger charge is -2.14. The van der Waals surface area contributed by atoms with Crippen LogP contribution < -0.4 is 9.47 Å². The van der Waals surface area contributed by atoms with Crippen molar-refractivity contribution in [2.24, 2.45) is 4.99 Å². The van der Waals surface area contributed by atoms with Gasteiger partial charge in [0.1, 0.15) is 11.9 Å². The zero-order chi connectivity index (χ0) is 19.2. The summed E-state index contributed by atoms with van der Waals surface area (Å²) in [5, 5.41) is 0. The van der Waals surface area contributed by atoms with Gasteiger partial charge in [0.05, 0.1) is 12.0 Å². The highest BCUT2D eigenvalue weighted by Crippen LogP contribution is 2.31. The third-order valence-electron chi connectivity index (χ3n) is 4.78. The van der Waals surface area contributed by atoms with Gasteiger partial charge in [-0.25, -0.2) is 9.98 Å². The molecule has 1 saturated carbocycles. The van der Waals surface area contributed by atoms with Crippen LogP contribution in [-0.2, 0) is 0 Å². The van der Waals surface area contributed by atoms with Crippen molar-refractivity contribution >= 4 is 12.0 Å². The quantitative estimate of drug-likeness (QED) is 0.518. The minimum Gasteiger partial charge on any atom is -0.460 e. The molecule has 1 aliphatic carbocycles. The summed E-state index contributed by atoms with van der Waals surface area (Å²) < 4.78 is 11.9. The summed E-state index contributed by atoms with van der Waals surface area (Å²) in [6.45, 7) is 7.04. The van der Waals surface area contributed by atoms with Gasteiger partial charge in [-0.2, -0.15) is 4.98 Å². The van der Waals surface area contributed by atoms with E-state index >= 15 is 0 Å². The molecule has 0 saturated heterocycles. The third-order valence-corrected chi connectivity index (χ3v) is 4.78. The van der Waals surface area contributed by atoms with Crippen molar-refractivity contribution in [3.05, 3.63) is 35.5 Å². The lowest BCUT2D eigenvalue weighted by Crippen LogP contribution is -2.14. The van der Waals surface area contributed by atoms with Gasteiger partial charge in [-0.05, 0) is 69.7 Å². The van der Waals surface area contributed by atoms with Crippen LogP contribution in [0.2, 0.25) is 0 Å². The first kappa shape index (κ1) is 19.1. The molecular formula is C21H28N4O2. The van der Waals surface area contributed by atoms with Crippen LogP contribution in [0.25, 0.3) is 0 Å². The van der Waals surface area contributed by atoms with Gasteiger partial charge in [-0.15, -0.1) is 0 Å². The zero-order valence-electron chi connectivity index (χ0n) is 16.6. The Bertz CT molecular complexity index is 801. The van der Waals surface area contributed by atoms with Crippen LogP contribution in [0.3, 0.4) is 0 Å². The second-order valence-corrected chi connectivity index (χ2v) is 7.03. The van der Waals surface area contributed by atoms with E-state index in [-0.39, 0.29) is 6.10 Å². The molecule has 0 spiro atoms. The molecule has 0 radical (unpaired) electrons. The van der Waals surface area contributed by atoms with Gasteiger partial charge in [0, 0.05) is 25.9 Å². The Morgan fingerprint density at radius 3 is 2.74 bits per heavy atom. The summed E-state index contributed by atoms with van der Waals surface area (Å²) in [7, 11) is 2.00. The smallest absolute Gasteiger partial charge is 0.319 e. The van der Waals surface area contributed by atoms with Crippen LogP contribution in [-0.4, -0.2) is 40.9 Å². The summed E-state index contributed by atoms with van der Waals surface area (Å²) in [4.78, 5) is 15.2. The van der Waals surface area contributed by atoms with E-state index in [2.05, 4.69) is 21.9 Å². The zero-order valence-corrected chi connectivity index (χ0v) is 16.6. The standard InChI is InChI=1S/C21H28N4O2/c1-5-25(4)14-23-18-12-16(3)19(13-15(18)2)27-20-10-11-22-21(24-20)26-17-8-6-7-9-17/h10-14,17H,5-9H2,1-4H3/b23-14+. The Morgan fingerprint density at radius 1 is 1.22 bits per heavy atom. The fourth-order valence-electron chi connectivity index (χ4n) is 2.97. The van der Waals surface area contributed by atoms with Crippen molar-refractivity contribution < 1.29 is 9.47 Å². The highest BCUT2D eigenvalue weighted by Gasteiger charge is 2.18. The average molecular weight is 368 g/mol. The summed E-state index contributed by atoms with van der Waals surface area (Å²) >= 11 is 0. The van der Waals surface area contributed by atoms with Crippen LogP contribution in [0.4, 0.5) is 5.69 Å². The first-order chi connectivity index (χ1) is 13.0. The maximum atomic E-state index is 6.00. The molecule has 0 N–H and O–H groups in total. The number of benzene rings is 1. The molecule has 3 rings (SSSR count).